The van der Waals surface area contributed by atoms with Crippen molar-refractivity contribution < 1.29 is 34.4 Å². The molecule has 3 atom stereocenters. The molecular formula is C59H55FN4O6S. The maximum atomic E-state index is 13.0. The third-order valence-electron chi connectivity index (χ3n) is 12.2. The van der Waals surface area contributed by atoms with Gasteiger partial charge in [-0.15, -0.1) is 11.8 Å². The van der Waals surface area contributed by atoms with Crippen molar-refractivity contribution in [1.82, 2.24) is 21.3 Å². The average molecular weight is 967 g/mol. The van der Waals surface area contributed by atoms with Gasteiger partial charge in [0, 0.05) is 4.90 Å². The molecule has 1 saturated heterocycles. The third-order valence-corrected chi connectivity index (χ3v) is 13.5. The number of thioether (sulfide) groups is 1. The largest absolute Gasteiger partial charge is 0.289 e. The molecule has 1 aliphatic rings. The van der Waals surface area contributed by atoms with Crippen LogP contribution >= 0.6 is 11.8 Å². The number of halogens is 1. The van der Waals surface area contributed by atoms with Crippen molar-refractivity contribution in [2.24, 2.45) is 0 Å². The van der Waals surface area contributed by atoms with Gasteiger partial charge in [0.05, 0.1) is 5.92 Å². The summed E-state index contributed by atoms with van der Waals surface area (Å²) in [5.41, 5.74) is 14.1. The minimum absolute atomic E-state index is 0.279. The van der Waals surface area contributed by atoms with E-state index in [9.17, 15) is 18.8 Å². The number of hydrogen-bond acceptors (Lipinski definition) is 8. The van der Waals surface area contributed by atoms with Crippen molar-refractivity contribution in [3.05, 3.63) is 258 Å². The lowest BCUT2D eigenvalue weighted by Gasteiger charge is -2.36. The van der Waals surface area contributed by atoms with E-state index in [2.05, 4.69) is 41.3 Å². The molecule has 0 aliphatic carbocycles. The summed E-state index contributed by atoms with van der Waals surface area (Å²) in [6, 6.07) is 70.3. The van der Waals surface area contributed by atoms with Crippen molar-refractivity contribution in [2.45, 2.75) is 40.9 Å². The van der Waals surface area contributed by atoms with E-state index < -0.39 is 29.0 Å². The van der Waals surface area contributed by atoms with Gasteiger partial charge in [-0.25, -0.2) is 20.8 Å². The molecule has 0 bridgehead atoms. The summed E-state index contributed by atoms with van der Waals surface area (Å²) in [5.74, 6) is -1.62. The Kier molecular flexibility index (Phi) is 19.0. The lowest BCUT2D eigenvalue weighted by molar-refractivity contribution is -0.135. The van der Waals surface area contributed by atoms with Crippen LogP contribution in [0.25, 0.3) is 22.3 Å². The molecule has 0 radical (unpaired) electrons. The zero-order valence-electron chi connectivity index (χ0n) is 38.8. The first kappa shape index (κ1) is 51.1. The minimum Gasteiger partial charge on any atom is -0.289 e. The lowest BCUT2D eigenvalue weighted by atomic mass is 9.88. The minimum atomic E-state index is -0.599. The van der Waals surface area contributed by atoms with Gasteiger partial charge in [-0.05, 0) is 106 Å². The fraction of sp³-hybridized carbons (Fsp3) is 0.136. The van der Waals surface area contributed by atoms with Crippen molar-refractivity contribution in [3.8, 4) is 22.3 Å². The van der Waals surface area contributed by atoms with Crippen molar-refractivity contribution in [3.63, 3.8) is 0 Å². The Balaban J connectivity index is 0.000000157. The van der Waals surface area contributed by atoms with E-state index in [4.69, 9.17) is 15.6 Å². The number of nitrogens with zero attached hydrogens (tertiary/aromatic N) is 1. The number of rotatable bonds is 13. The van der Waals surface area contributed by atoms with Crippen molar-refractivity contribution >= 4 is 29.5 Å². The lowest BCUT2D eigenvalue weighted by Crippen LogP contribution is -2.43. The van der Waals surface area contributed by atoms with E-state index in [1.165, 1.54) is 29.5 Å². The first-order chi connectivity index (χ1) is 34.8. The molecule has 71 heavy (non-hydrogen) atoms. The smallest absolute Gasteiger partial charge is 0.265 e. The Bertz CT molecular complexity index is 2860. The topological polar surface area (TPSA) is 151 Å². The summed E-state index contributed by atoms with van der Waals surface area (Å²) >= 11 is 1.41. The number of carbonyl (C=O) groups is 3. The quantitative estimate of drug-likeness (QED) is 0.0380. The second kappa shape index (κ2) is 26.3. The Labute approximate surface area is 417 Å². The molecule has 10 nitrogen and oxygen atoms in total. The van der Waals surface area contributed by atoms with Crippen LogP contribution in [0.4, 0.5) is 4.39 Å². The highest BCUT2D eigenvalue weighted by Crippen LogP contribution is 2.37. The van der Waals surface area contributed by atoms with Crippen LogP contribution in [0.15, 0.2) is 229 Å². The van der Waals surface area contributed by atoms with Gasteiger partial charge in [-0.3, -0.25) is 34.9 Å². The molecule has 9 rings (SSSR count). The van der Waals surface area contributed by atoms with Crippen molar-refractivity contribution in [1.29, 1.82) is 0 Å². The molecule has 0 saturated carbocycles. The van der Waals surface area contributed by atoms with Gasteiger partial charge in [-0.2, -0.15) is 0 Å². The Morgan fingerprint density at radius 3 is 1.34 bits per heavy atom. The van der Waals surface area contributed by atoms with Gasteiger partial charge in [0.25, 0.3) is 17.7 Å². The zero-order chi connectivity index (χ0) is 49.8. The summed E-state index contributed by atoms with van der Waals surface area (Å²) in [5, 5.41) is 26.7. The standard InChI is InChI=1S/C20H16FNO2.C20H17NO2S.C19H22N2O2/c21-18-12-10-15(11-13-18)14-6-8-17(9-7-14)19(20(23)22-24)16-4-2-1-3-5-16;22-20(21-23)19(17-9-5-2-6-10-17)24-18-13-11-16(12-14-18)15-7-3-1-4-8-15;22-19(20-23)18(17-9-5-2-6-10-17)21-13-11-16(12-14-21)15-7-3-1-4-8-15/h1-13,19,24H,(H,22,23);1-14,19,23H,(H,21,22);1-10,16,18,23H,11-14H2,(H,20,22). The highest BCUT2D eigenvalue weighted by atomic mass is 32.2. The van der Waals surface area contributed by atoms with E-state index >= 15 is 0 Å². The van der Waals surface area contributed by atoms with Gasteiger partial charge < -0.3 is 0 Å². The van der Waals surface area contributed by atoms with Crippen LogP contribution in [0.3, 0.4) is 0 Å². The first-order valence-electron chi connectivity index (χ1n) is 23.2. The molecular weight excluding hydrogens is 912 g/mol. The molecule has 8 aromatic carbocycles. The first-order valence-corrected chi connectivity index (χ1v) is 24.1. The molecule has 3 unspecified atom stereocenters. The van der Waals surface area contributed by atoms with E-state index in [-0.39, 0.29) is 11.7 Å². The number of carbonyl (C=O) groups excluding carboxylic acids is 3. The molecule has 1 fully saturated rings. The summed E-state index contributed by atoms with van der Waals surface area (Å²) < 4.78 is 13.0. The van der Waals surface area contributed by atoms with E-state index in [0.717, 1.165) is 75.3 Å². The maximum Gasteiger partial charge on any atom is 0.265 e. The molecule has 1 aliphatic heterocycles. The van der Waals surface area contributed by atoms with Crippen LogP contribution in [0, 0.1) is 5.82 Å². The summed E-state index contributed by atoms with van der Waals surface area (Å²) in [4.78, 5) is 39.4. The van der Waals surface area contributed by atoms with Crippen LogP contribution in [-0.2, 0) is 14.4 Å². The SMILES string of the molecule is O=C(NO)C(Sc1ccc(-c2ccccc2)cc1)c1ccccc1.O=C(NO)C(c1ccccc1)N1CCC(c2ccccc2)CC1.O=C(NO)C(c1ccccc1)c1ccc(-c2ccc(F)cc2)cc1. The molecule has 0 spiro atoms. The predicted octanol–water partition coefficient (Wildman–Crippen LogP) is 11.9. The van der Waals surface area contributed by atoms with Crippen LogP contribution < -0.4 is 16.4 Å². The fourth-order valence-corrected chi connectivity index (χ4v) is 9.63. The average Bonchev–Trinajstić information content (AvgIpc) is 3.44. The van der Waals surface area contributed by atoms with Crippen molar-refractivity contribution in [2.75, 3.05) is 13.1 Å². The molecule has 6 N–H and O–H groups in total. The Morgan fingerprint density at radius 1 is 0.451 bits per heavy atom. The number of hydroxylamine groups is 3. The number of hydrogen-bond donors (Lipinski definition) is 6. The van der Waals surface area contributed by atoms with Gasteiger partial charge >= 0.3 is 0 Å². The van der Waals surface area contributed by atoms with Crippen LogP contribution in [0.5, 0.6) is 0 Å². The van der Waals surface area contributed by atoms with E-state index in [0.29, 0.717) is 5.92 Å². The zero-order valence-corrected chi connectivity index (χ0v) is 39.6. The number of benzene rings is 8. The van der Waals surface area contributed by atoms with E-state index in [1.807, 2.05) is 169 Å². The number of likely N-dealkylation sites (tertiary alicyclic amines) is 1. The fourth-order valence-electron chi connectivity index (χ4n) is 8.61. The molecule has 360 valence electrons. The molecule has 0 aromatic heterocycles. The predicted molar refractivity (Wildman–Crippen MR) is 276 cm³/mol. The Morgan fingerprint density at radius 2 is 0.845 bits per heavy atom. The van der Waals surface area contributed by atoms with E-state index in [1.54, 1.807) is 23.1 Å². The second-order valence-electron chi connectivity index (χ2n) is 16.7. The van der Waals surface area contributed by atoms with Crippen LogP contribution in [0.1, 0.15) is 63.8 Å². The number of amides is 3. The molecule has 8 aromatic rings. The van der Waals surface area contributed by atoms with Crippen LogP contribution in [-0.4, -0.2) is 51.3 Å². The molecule has 1 heterocycles. The van der Waals surface area contributed by atoms with Crippen LogP contribution in [0.2, 0.25) is 0 Å². The maximum absolute atomic E-state index is 13.0. The Hall–Kier alpha value is -7.71. The monoisotopic (exact) mass is 966 g/mol. The van der Waals surface area contributed by atoms with Gasteiger partial charge in [-0.1, -0.05) is 200 Å². The summed E-state index contributed by atoms with van der Waals surface area (Å²) in [6.45, 7) is 1.68. The van der Waals surface area contributed by atoms with Gasteiger partial charge in [0.2, 0.25) is 0 Å². The van der Waals surface area contributed by atoms with Gasteiger partial charge in [0.1, 0.15) is 17.1 Å². The summed E-state index contributed by atoms with van der Waals surface area (Å²) in [7, 11) is 0. The number of nitrogens with one attached hydrogen (secondary N) is 3. The molecule has 3 amide bonds. The molecule has 12 heteroatoms. The third kappa shape index (κ3) is 14.2. The second-order valence-corrected chi connectivity index (χ2v) is 17.9. The summed E-state index contributed by atoms with van der Waals surface area (Å²) in [6.07, 6.45) is 2.04. The number of piperidine rings is 1. The highest BCUT2D eigenvalue weighted by Gasteiger charge is 2.31. The normalized spacial score (nSPS) is 13.6. The van der Waals surface area contributed by atoms with Gasteiger partial charge in [0.15, 0.2) is 0 Å². The highest BCUT2D eigenvalue weighted by molar-refractivity contribution is 8.00.